The molecule has 1 aromatic heterocycles. The molecule has 1 unspecified atom stereocenters. The molecule has 0 saturated heterocycles. The maximum absolute atomic E-state index is 12.0. The zero-order valence-corrected chi connectivity index (χ0v) is 11.7. The van der Waals surface area contributed by atoms with E-state index in [0.29, 0.717) is 6.42 Å². The highest BCUT2D eigenvalue weighted by molar-refractivity contribution is 7.89. The lowest BCUT2D eigenvalue weighted by molar-refractivity contribution is -0.138. The van der Waals surface area contributed by atoms with Crippen molar-refractivity contribution in [2.24, 2.45) is 5.92 Å². The third-order valence-electron chi connectivity index (χ3n) is 2.76. The van der Waals surface area contributed by atoms with Gasteiger partial charge in [0.15, 0.2) is 0 Å². The minimum absolute atomic E-state index is 0.0468. The summed E-state index contributed by atoms with van der Waals surface area (Å²) >= 11 is 0. The predicted octanol–water partition coefficient (Wildman–Crippen LogP) is 0.732. The van der Waals surface area contributed by atoms with Gasteiger partial charge >= 0.3 is 5.97 Å². The number of carbonyl (C=O) groups is 1. The van der Waals surface area contributed by atoms with Crippen LogP contribution in [0, 0.1) is 17.2 Å². The van der Waals surface area contributed by atoms with Crippen molar-refractivity contribution in [3.8, 4) is 6.07 Å². The van der Waals surface area contributed by atoms with Gasteiger partial charge in [-0.25, -0.2) is 18.1 Å². The third kappa shape index (κ3) is 4.60. The zero-order chi connectivity index (χ0) is 15.2. The van der Waals surface area contributed by atoms with Crippen molar-refractivity contribution in [2.45, 2.75) is 24.7 Å². The van der Waals surface area contributed by atoms with E-state index in [1.165, 1.54) is 12.1 Å². The van der Waals surface area contributed by atoms with Crippen molar-refractivity contribution in [1.82, 2.24) is 9.71 Å². The number of nitrogens with zero attached hydrogens (tertiary/aromatic N) is 2. The molecule has 108 valence electrons. The van der Waals surface area contributed by atoms with Crippen LogP contribution < -0.4 is 4.72 Å². The van der Waals surface area contributed by atoms with Gasteiger partial charge in [-0.2, -0.15) is 5.26 Å². The maximum atomic E-state index is 12.0. The van der Waals surface area contributed by atoms with Crippen molar-refractivity contribution < 1.29 is 18.3 Å². The van der Waals surface area contributed by atoms with Crippen LogP contribution in [0.2, 0.25) is 0 Å². The second-order valence-electron chi connectivity index (χ2n) is 4.21. The Hall–Kier alpha value is -1.98. The first-order chi connectivity index (χ1) is 9.39. The quantitative estimate of drug-likeness (QED) is 0.765. The van der Waals surface area contributed by atoms with Crippen LogP contribution in [-0.4, -0.2) is 31.0 Å². The van der Waals surface area contributed by atoms with E-state index in [4.69, 9.17) is 10.4 Å². The van der Waals surface area contributed by atoms with E-state index < -0.39 is 16.0 Å². The number of nitrogens with one attached hydrogen (secondary N) is 1. The molecule has 7 nitrogen and oxygen atoms in total. The van der Waals surface area contributed by atoms with Crippen molar-refractivity contribution in [3.05, 3.63) is 24.0 Å². The summed E-state index contributed by atoms with van der Waals surface area (Å²) in [6.45, 7) is 1.84. The van der Waals surface area contributed by atoms with Crippen molar-refractivity contribution in [3.63, 3.8) is 0 Å². The summed E-state index contributed by atoms with van der Waals surface area (Å²) in [4.78, 5) is 14.2. The summed E-state index contributed by atoms with van der Waals surface area (Å²) in [6, 6.07) is 4.39. The van der Waals surface area contributed by atoms with E-state index >= 15 is 0 Å². The summed E-state index contributed by atoms with van der Waals surface area (Å²) in [6.07, 6.45) is 1.56. The average Bonchev–Trinajstić information content (AvgIpc) is 2.43. The van der Waals surface area contributed by atoms with Gasteiger partial charge in [-0.1, -0.05) is 13.3 Å². The zero-order valence-electron chi connectivity index (χ0n) is 10.9. The van der Waals surface area contributed by atoms with E-state index in [1.807, 2.05) is 0 Å². The first-order valence-electron chi connectivity index (χ1n) is 5.96. The number of hydrogen-bond acceptors (Lipinski definition) is 5. The predicted molar refractivity (Wildman–Crippen MR) is 70.2 cm³/mol. The Bertz CT molecular complexity index is 605. The van der Waals surface area contributed by atoms with Crippen LogP contribution in [0.1, 0.15) is 25.5 Å². The molecule has 0 saturated carbocycles. The number of hydrogen-bond donors (Lipinski definition) is 2. The van der Waals surface area contributed by atoms with Crippen LogP contribution >= 0.6 is 0 Å². The highest BCUT2D eigenvalue weighted by Crippen LogP contribution is 2.11. The Labute approximate surface area is 117 Å². The molecule has 0 aliphatic heterocycles. The lowest BCUT2D eigenvalue weighted by atomic mass is 10.0. The van der Waals surface area contributed by atoms with Gasteiger partial charge in [0, 0.05) is 19.2 Å². The number of nitriles is 1. The standard InChI is InChI=1S/C12H15N3O4S/c1-2-9(5-12(16)17)7-15-20(18,19)11-4-3-10(6-13)14-8-11/h3-4,8-9,15H,2,5,7H2,1H3,(H,16,17). The largest absolute Gasteiger partial charge is 0.481 e. The average molecular weight is 297 g/mol. The van der Waals surface area contributed by atoms with Gasteiger partial charge in [-0.3, -0.25) is 4.79 Å². The Morgan fingerprint density at radius 2 is 2.25 bits per heavy atom. The first kappa shape index (κ1) is 16.1. The topological polar surface area (TPSA) is 120 Å². The van der Waals surface area contributed by atoms with Gasteiger partial charge in [0.05, 0.1) is 0 Å². The highest BCUT2D eigenvalue weighted by Gasteiger charge is 2.18. The number of pyridine rings is 1. The number of carboxylic acids is 1. The monoisotopic (exact) mass is 297 g/mol. The fourth-order valence-electron chi connectivity index (χ4n) is 1.52. The second kappa shape index (κ2) is 6.98. The molecule has 1 atom stereocenters. The fraction of sp³-hybridized carbons (Fsp3) is 0.417. The van der Waals surface area contributed by atoms with Crippen LogP contribution in [0.25, 0.3) is 0 Å². The summed E-state index contributed by atoms with van der Waals surface area (Å²) in [7, 11) is -3.74. The fourth-order valence-corrected chi connectivity index (χ4v) is 2.58. The molecule has 20 heavy (non-hydrogen) atoms. The van der Waals surface area contributed by atoms with Crippen LogP contribution in [0.15, 0.2) is 23.2 Å². The molecule has 0 radical (unpaired) electrons. The van der Waals surface area contributed by atoms with Crippen LogP contribution in [0.5, 0.6) is 0 Å². The summed E-state index contributed by atoms with van der Waals surface area (Å²) in [5.74, 6) is -1.23. The molecule has 1 rings (SSSR count). The summed E-state index contributed by atoms with van der Waals surface area (Å²) in [5, 5.41) is 17.3. The van der Waals surface area contributed by atoms with Crippen molar-refractivity contribution in [1.29, 1.82) is 5.26 Å². The van der Waals surface area contributed by atoms with Crippen LogP contribution in [0.3, 0.4) is 0 Å². The lowest BCUT2D eigenvalue weighted by Crippen LogP contribution is -2.30. The number of sulfonamides is 1. The van der Waals surface area contributed by atoms with Crippen molar-refractivity contribution in [2.75, 3.05) is 6.54 Å². The number of rotatable bonds is 7. The Balaban J connectivity index is 2.74. The van der Waals surface area contributed by atoms with E-state index in [0.717, 1.165) is 6.20 Å². The molecule has 0 aliphatic rings. The molecule has 2 N–H and O–H groups in total. The Kier molecular flexibility index (Phi) is 5.61. The van der Waals surface area contributed by atoms with E-state index in [2.05, 4.69) is 9.71 Å². The number of aliphatic carboxylic acids is 1. The molecule has 0 bridgehead atoms. The molecule has 1 heterocycles. The maximum Gasteiger partial charge on any atom is 0.303 e. The van der Waals surface area contributed by atoms with Crippen LogP contribution in [0.4, 0.5) is 0 Å². The Morgan fingerprint density at radius 1 is 1.55 bits per heavy atom. The molecule has 0 amide bonds. The van der Waals surface area contributed by atoms with E-state index in [1.54, 1.807) is 13.0 Å². The molecule has 0 fully saturated rings. The van der Waals surface area contributed by atoms with Gasteiger partial charge in [0.1, 0.15) is 16.7 Å². The molecule has 8 heteroatoms. The van der Waals surface area contributed by atoms with Gasteiger partial charge in [-0.15, -0.1) is 0 Å². The first-order valence-corrected chi connectivity index (χ1v) is 7.45. The third-order valence-corrected chi connectivity index (χ3v) is 4.17. The van der Waals surface area contributed by atoms with Gasteiger partial charge < -0.3 is 5.11 Å². The molecule has 0 spiro atoms. The molecule has 1 aromatic rings. The van der Waals surface area contributed by atoms with Crippen LogP contribution in [-0.2, 0) is 14.8 Å². The lowest BCUT2D eigenvalue weighted by Gasteiger charge is -2.13. The molecular weight excluding hydrogens is 282 g/mol. The van der Waals surface area contributed by atoms with Gasteiger partial charge in [-0.05, 0) is 18.1 Å². The van der Waals surface area contributed by atoms with Crippen molar-refractivity contribution >= 4 is 16.0 Å². The normalized spacial score (nSPS) is 12.6. The summed E-state index contributed by atoms with van der Waals surface area (Å²) < 4.78 is 26.3. The molecular formula is C12H15N3O4S. The van der Waals surface area contributed by atoms with E-state index in [9.17, 15) is 13.2 Å². The minimum Gasteiger partial charge on any atom is -0.481 e. The smallest absolute Gasteiger partial charge is 0.303 e. The highest BCUT2D eigenvalue weighted by atomic mass is 32.2. The molecule has 0 aliphatic carbocycles. The number of carboxylic acid groups (broad SMARTS) is 1. The number of aromatic nitrogens is 1. The van der Waals surface area contributed by atoms with E-state index in [-0.39, 0.29) is 29.5 Å². The second-order valence-corrected chi connectivity index (χ2v) is 5.98. The van der Waals surface area contributed by atoms with Gasteiger partial charge in [0.2, 0.25) is 10.0 Å². The minimum atomic E-state index is -3.74. The Morgan fingerprint density at radius 3 is 2.70 bits per heavy atom. The summed E-state index contributed by atoms with van der Waals surface area (Å²) in [5.41, 5.74) is 0.126. The SMILES string of the molecule is CCC(CNS(=O)(=O)c1ccc(C#N)nc1)CC(=O)O. The molecule has 0 aromatic carbocycles. The van der Waals surface area contributed by atoms with Gasteiger partial charge in [0.25, 0.3) is 0 Å².